The average molecular weight is 229 g/mol. The molecule has 0 bridgehead atoms. The van der Waals surface area contributed by atoms with E-state index in [1.165, 1.54) is 0 Å². The molecule has 0 fully saturated rings. The number of hydrogen-bond donors (Lipinski definition) is 2. The zero-order valence-electron chi connectivity index (χ0n) is 11.0. The van der Waals surface area contributed by atoms with Gasteiger partial charge < -0.3 is 10.4 Å². The summed E-state index contributed by atoms with van der Waals surface area (Å²) >= 11 is 0. The number of carbonyl (C=O) groups is 2. The van der Waals surface area contributed by atoms with E-state index in [2.05, 4.69) is 5.32 Å². The third-order valence-corrected chi connectivity index (χ3v) is 2.89. The minimum absolute atomic E-state index is 0.211. The molecule has 94 valence electrons. The summed E-state index contributed by atoms with van der Waals surface area (Å²) in [5, 5.41) is 11.7. The van der Waals surface area contributed by atoms with Gasteiger partial charge in [-0.15, -0.1) is 0 Å². The Kier molecular flexibility index (Phi) is 4.53. The average Bonchev–Trinajstić information content (AvgIpc) is 2.11. The van der Waals surface area contributed by atoms with Crippen LogP contribution in [0.5, 0.6) is 0 Å². The van der Waals surface area contributed by atoms with Gasteiger partial charge in [0, 0.05) is 5.41 Å². The Morgan fingerprint density at radius 2 is 1.62 bits per heavy atom. The first-order valence-electron chi connectivity index (χ1n) is 5.56. The monoisotopic (exact) mass is 229 g/mol. The maximum Gasteiger partial charge on any atom is 0.326 e. The van der Waals surface area contributed by atoms with Crippen LogP contribution in [0.2, 0.25) is 0 Å². The summed E-state index contributed by atoms with van der Waals surface area (Å²) in [5.41, 5.74) is -1.02. The highest BCUT2D eigenvalue weighted by molar-refractivity contribution is 5.87. The SMILES string of the molecule is CCC(C)(C)C(=O)N[C@@H](C(=O)O)C(C)(C)C. The Labute approximate surface area is 97.4 Å². The van der Waals surface area contributed by atoms with Crippen LogP contribution in [-0.4, -0.2) is 23.0 Å². The van der Waals surface area contributed by atoms with E-state index in [1.54, 1.807) is 20.8 Å². The molecule has 0 heterocycles. The number of carbonyl (C=O) groups excluding carboxylic acids is 1. The van der Waals surface area contributed by atoms with Gasteiger partial charge in [0.25, 0.3) is 0 Å². The maximum atomic E-state index is 11.9. The normalized spacial score (nSPS) is 14.4. The minimum Gasteiger partial charge on any atom is -0.480 e. The van der Waals surface area contributed by atoms with Gasteiger partial charge in [0.1, 0.15) is 6.04 Å². The van der Waals surface area contributed by atoms with Gasteiger partial charge in [0.05, 0.1) is 0 Å². The van der Waals surface area contributed by atoms with Crippen molar-refractivity contribution < 1.29 is 14.7 Å². The second-order valence-corrected chi connectivity index (χ2v) is 5.85. The first-order valence-corrected chi connectivity index (χ1v) is 5.56. The molecule has 4 heteroatoms. The van der Waals surface area contributed by atoms with Gasteiger partial charge in [0.2, 0.25) is 5.91 Å². The minimum atomic E-state index is -0.993. The molecular weight excluding hydrogens is 206 g/mol. The molecule has 0 aromatic carbocycles. The number of carboxylic acids is 1. The molecule has 0 rings (SSSR count). The lowest BCUT2D eigenvalue weighted by molar-refractivity contribution is -0.146. The highest BCUT2D eigenvalue weighted by Crippen LogP contribution is 2.24. The molecule has 0 saturated carbocycles. The van der Waals surface area contributed by atoms with E-state index >= 15 is 0 Å². The maximum absolute atomic E-state index is 11.9. The lowest BCUT2D eigenvalue weighted by Gasteiger charge is -2.31. The summed E-state index contributed by atoms with van der Waals surface area (Å²) in [4.78, 5) is 23.0. The zero-order valence-corrected chi connectivity index (χ0v) is 11.0. The Bertz CT molecular complexity index is 276. The number of nitrogens with one attached hydrogen (secondary N) is 1. The van der Waals surface area contributed by atoms with E-state index in [-0.39, 0.29) is 5.91 Å². The van der Waals surface area contributed by atoms with Crippen molar-refractivity contribution in [1.29, 1.82) is 0 Å². The molecule has 2 N–H and O–H groups in total. The molecule has 1 amide bonds. The van der Waals surface area contributed by atoms with Gasteiger partial charge in [-0.05, 0) is 11.8 Å². The van der Waals surface area contributed by atoms with Crippen molar-refractivity contribution in [2.24, 2.45) is 10.8 Å². The molecule has 0 radical (unpaired) electrons. The number of hydrogen-bond acceptors (Lipinski definition) is 2. The number of carboxylic acid groups (broad SMARTS) is 1. The molecule has 0 unspecified atom stereocenters. The molecule has 0 aliphatic carbocycles. The molecular formula is C12H23NO3. The molecule has 0 saturated heterocycles. The van der Waals surface area contributed by atoms with E-state index in [1.807, 2.05) is 20.8 Å². The predicted molar refractivity (Wildman–Crippen MR) is 63.1 cm³/mol. The van der Waals surface area contributed by atoms with Crippen molar-refractivity contribution in [3.8, 4) is 0 Å². The van der Waals surface area contributed by atoms with Crippen molar-refractivity contribution in [3.63, 3.8) is 0 Å². The van der Waals surface area contributed by atoms with Gasteiger partial charge in [-0.1, -0.05) is 41.5 Å². The summed E-state index contributed by atoms with van der Waals surface area (Å²) in [6, 6.07) is -0.856. The van der Waals surface area contributed by atoms with Crippen LogP contribution in [0.15, 0.2) is 0 Å². The van der Waals surface area contributed by atoms with Crippen LogP contribution in [0.1, 0.15) is 48.0 Å². The van der Waals surface area contributed by atoms with Gasteiger partial charge in [-0.2, -0.15) is 0 Å². The van der Waals surface area contributed by atoms with E-state index in [0.717, 1.165) is 0 Å². The molecule has 16 heavy (non-hydrogen) atoms. The summed E-state index contributed by atoms with van der Waals surface area (Å²) in [5.74, 6) is -1.20. The fraction of sp³-hybridized carbons (Fsp3) is 0.833. The Morgan fingerprint density at radius 3 is 1.88 bits per heavy atom. The van der Waals surface area contributed by atoms with E-state index in [0.29, 0.717) is 6.42 Å². The molecule has 0 aliphatic rings. The van der Waals surface area contributed by atoms with Crippen molar-refractivity contribution >= 4 is 11.9 Å². The van der Waals surface area contributed by atoms with Gasteiger partial charge in [-0.25, -0.2) is 4.79 Å². The van der Waals surface area contributed by atoms with E-state index in [4.69, 9.17) is 5.11 Å². The Balaban J connectivity index is 4.81. The third-order valence-electron chi connectivity index (χ3n) is 2.89. The fourth-order valence-electron chi connectivity index (χ4n) is 1.14. The summed E-state index contributed by atoms with van der Waals surface area (Å²) in [7, 11) is 0. The van der Waals surface area contributed by atoms with E-state index in [9.17, 15) is 9.59 Å². The first-order chi connectivity index (χ1) is 7.02. The largest absolute Gasteiger partial charge is 0.480 e. The van der Waals surface area contributed by atoms with Crippen molar-refractivity contribution in [2.75, 3.05) is 0 Å². The van der Waals surface area contributed by atoms with Crippen LogP contribution >= 0.6 is 0 Å². The fourth-order valence-corrected chi connectivity index (χ4v) is 1.14. The molecule has 0 spiro atoms. The third kappa shape index (κ3) is 3.83. The van der Waals surface area contributed by atoms with Crippen LogP contribution in [0.25, 0.3) is 0 Å². The highest BCUT2D eigenvalue weighted by Gasteiger charge is 2.36. The number of rotatable bonds is 4. The van der Waals surface area contributed by atoms with E-state index < -0.39 is 22.8 Å². The van der Waals surface area contributed by atoms with Gasteiger partial charge >= 0.3 is 5.97 Å². The lowest BCUT2D eigenvalue weighted by atomic mass is 9.84. The summed E-state index contributed by atoms with van der Waals surface area (Å²) < 4.78 is 0. The summed E-state index contributed by atoms with van der Waals surface area (Å²) in [6.07, 6.45) is 0.676. The summed E-state index contributed by atoms with van der Waals surface area (Å²) in [6.45, 7) is 10.9. The standard InChI is InChI=1S/C12H23NO3/c1-7-12(5,6)10(16)13-8(9(14)15)11(2,3)4/h8H,7H2,1-6H3,(H,13,16)(H,14,15)/t8-/m0/s1. The second kappa shape index (κ2) is 4.85. The quantitative estimate of drug-likeness (QED) is 0.775. The van der Waals surface area contributed by atoms with Crippen molar-refractivity contribution in [3.05, 3.63) is 0 Å². The number of amides is 1. The van der Waals surface area contributed by atoms with Crippen LogP contribution in [0.3, 0.4) is 0 Å². The molecule has 0 aliphatic heterocycles. The lowest BCUT2D eigenvalue weighted by Crippen LogP contribution is -2.52. The topological polar surface area (TPSA) is 66.4 Å². The first kappa shape index (κ1) is 14.9. The van der Waals surface area contributed by atoms with Crippen LogP contribution in [0.4, 0.5) is 0 Å². The molecule has 0 aromatic heterocycles. The Hall–Kier alpha value is -1.06. The van der Waals surface area contributed by atoms with Crippen LogP contribution in [0, 0.1) is 10.8 Å². The predicted octanol–water partition coefficient (Wildman–Crippen LogP) is 2.04. The zero-order chi connectivity index (χ0) is 13.1. The smallest absolute Gasteiger partial charge is 0.326 e. The van der Waals surface area contributed by atoms with Crippen LogP contribution < -0.4 is 5.32 Å². The molecule has 0 aromatic rings. The van der Waals surface area contributed by atoms with Crippen LogP contribution in [-0.2, 0) is 9.59 Å². The molecule has 4 nitrogen and oxygen atoms in total. The van der Waals surface area contributed by atoms with Gasteiger partial charge in [0.15, 0.2) is 0 Å². The van der Waals surface area contributed by atoms with Crippen molar-refractivity contribution in [2.45, 2.75) is 54.0 Å². The van der Waals surface area contributed by atoms with Gasteiger partial charge in [-0.3, -0.25) is 4.79 Å². The number of aliphatic carboxylic acids is 1. The second-order valence-electron chi connectivity index (χ2n) is 5.85. The molecule has 1 atom stereocenters. The Morgan fingerprint density at radius 1 is 1.19 bits per heavy atom. The highest BCUT2D eigenvalue weighted by atomic mass is 16.4. The van der Waals surface area contributed by atoms with Crippen molar-refractivity contribution in [1.82, 2.24) is 5.32 Å².